The zero-order valence-corrected chi connectivity index (χ0v) is 18.6. The minimum Gasteiger partial charge on any atom is -0.481 e. The van der Waals surface area contributed by atoms with Crippen LogP contribution in [0.2, 0.25) is 0 Å². The van der Waals surface area contributed by atoms with E-state index >= 15 is 0 Å². The Kier molecular flexibility index (Phi) is 6.10. The monoisotopic (exact) mass is 394 g/mol. The van der Waals surface area contributed by atoms with Gasteiger partial charge in [0.25, 0.3) is 5.91 Å². The molecule has 27 heavy (non-hydrogen) atoms. The van der Waals surface area contributed by atoms with Crippen LogP contribution in [0, 0.1) is 16.7 Å². The van der Waals surface area contributed by atoms with E-state index in [1.807, 2.05) is 13.8 Å². The lowest BCUT2D eigenvalue weighted by Gasteiger charge is -2.37. The Bertz CT molecular complexity index is 782. The van der Waals surface area contributed by atoms with Gasteiger partial charge in [-0.05, 0) is 70.3 Å². The van der Waals surface area contributed by atoms with Crippen molar-refractivity contribution >= 4 is 23.4 Å². The van der Waals surface area contributed by atoms with Crippen LogP contribution >= 0.6 is 11.5 Å². The summed E-state index contributed by atoms with van der Waals surface area (Å²) in [7, 11) is 0. The van der Waals surface area contributed by atoms with Crippen LogP contribution in [0.3, 0.4) is 0 Å². The van der Waals surface area contributed by atoms with Gasteiger partial charge in [-0.2, -0.15) is 0 Å². The standard InChI is InChI=1S/C21H34N2O3S/c1-8-9-10-14-13-23(19(2,3)4)27-17(14)22-16(24)15-11-12-21(7,18(25)26)20(15,5)6/h13,15H,8-12H2,1-7H3,(H,25,26)/b22-17-. The average Bonchev–Trinajstić information content (AvgIpc) is 3.05. The number of rotatable bonds is 5. The summed E-state index contributed by atoms with van der Waals surface area (Å²) in [4.78, 5) is 29.4. The Morgan fingerprint density at radius 2 is 1.96 bits per heavy atom. The largest absolute Gasteiger partial charge is 0.481 e. The SMILES string of the molecule is CCCCc1cn(C(C)(C)C)s/c1=N\C(=O)C1CCC(C)(C(=O)O)C1(C)C. The van der Waals surface area contributed by atoms with E-state index < -0.39 is 16.8 Å². The highest BCUT2D eigenvalue weighted by Crippen LogP contribution is 2.56. The molecule has 0 bridgehead atoms. The maximum absolute atomic E-state index is 13.1. The van der Waals surface area contributed by atoms with Gasteiger partial charge in [0.2, 0.25) is 0 Å². The van der Waals surface area contributed by atoms with E-state index in [9.17, 15) is 14.7 Å². The Balaban J connectivity index is 2.42. The van der Waals surface area contributed by atoms with Crippen molar-refractivity contribution in [3.63, 3.8) is 0 Å². The van der Waals surface area contributed by atoms with Crippen LogP contribution in [-0.2, 0) is 21.5 Å². The van der Waals surface area contributed by atoms with Gasteiger partial charge < -0.3 is 5.11 Å². The summed E-state index contributed by atoms with van der Waals surface area (Å²) in [5, 5.41) is 9.69. The molecule has 152 valence electrons. The Morgan fingerprint density at radius 1 is 1.33 bits per heavy atom. The van der Waals surface area contributed by atoms with E-state index in [1.165, 1.54) is 11.5 Å². The molecule has 5 nitrogen and oxygen atoms in total. The summed E-state index contributed by atoms with van der Waals surface area (Å²) < 4.78 is 2.94. The van der Waals surface area contributed by atoms with Gasteiger partial charge >= 0.3 is 5.97 Å². The normalized spacial score (nSPS) is 25.7. The number of nitrogens with zero attached hydrogens (tertiary/aromatic N) is 2. The number of hydrogen-bond acceptors (Lipinski definition) is 3. The molecular weight excluding hydrogens is 360 g/mol. The molecule has 0 spiro atoms. The number of hydrogen-bond donors (Lipinski definition) is 1. The molecule has 1 heterocycles. The van der Waals surface area contributed by atoms with E-state index in [0.717, 1.165) is 29.5 Å². The third-order valence-corrected chi connectivity index (χ3v) is 7.78. The number of carbonyl (C=O) groups excluding carboxylic acids is 1. The Hall–Kier alpha value is -1.43. The first-order chi connectivity index (χ1) is 12.3. The minimum atomic E-state index is -0.894. The maximum atomic E-state index is 13.1. The van der Waals surface area contributed by atoms with Crippen molar-refractivity contribution in [3.05, 3.63) is 16.4 Å². The fourth-order valence-electron chi connectivity index (χ4n) is 3.83. The minimum absolute atomic E-state index is 0.0586. The first kappa shape index (κ1) is 21.9. The number of amides is 1. The summed E-state index contributed by atoms with van der Waals surface area (Å²) in [6.07, 6.45) is 6.26. The molecule has 0 saturated heterocycles. The first-order valence-corrected chi connectivity index (χ1v) is 10.7. The van der Waals surface area contributed by atoms with Crippen molar-refractivity contribution in [2.75, 3.05) is 0 Å². The molecule has 0 radical (unpaired) electrons. The lowest BCUT2D eigenvalue weighted by Crippen LogP contribution is -2.42. The lowest BCUT2D eigenvalue weighted by molar-refractivity contribution is -0.155. The second kappa shape index (κ2) is 7.53. The van der Waals surface area contributed by atoms with Gasteiger partial charge in [-0.25, -0.2) is 4.99 Å². The second-order valence-electron chi connectivity index (χ2n) is 9.55. The molecule has 2 atom stereocenters. The van der Waals surface area contributed by atoms with Crippen LogP contribution in [0.4, 0.5) is 0 Å². The van der Waals surface area contributed by atoms with Gasteiger partial charge in [0.05, 0.1) is 5.41 Å². The number of carboxylic acid groups (broad SMARTS) is 1. The van der Waals surface area contributed by atoms with Crippen molar-refractivity contribution in [1.82, 2.24) is 3.96 Å². The summed E-state index contributed by atoms with van der Waals surface area (Å²) >= 11 is 1.52. The van der Waals surface area contributed by atoms with Crippen molar-refractivity contribution < 1.29 is 14.7 Å². The maximum Gasteiger partial charge on any atom is 0.309 e. The fourth-order valence-corrected chi connectivity index (χ4v) is 4.87. The third kappa shape index (κ3) is 4.05. The van der Waals surface area contributed by atoms with Gasteiger partial charge in [0.15, 0.2) is 0 Å². The Morgan fingerprint density at radius 3 is 2.44 bits per heavy atom. The molecular formula is C21H34N2O3S. The van der Waals surface area contributed by atoms with Gasteiger partial charge in [-0.3, -0.25) is 13.5 Å². The van der Waals surface area contributed by atoms with Gasteiger partial charge in [0, 0.05) is 23.2 Å². The predicted molar refractivity (Wildman–Crippen MR) is 109 cm³/mol. The number of carbonyl (C=O) groups is 2. The Labute approximate surface area is 166 Å². The number of aryl methyl sites for hydroxylation is 1. The van der Waals surface area contributed by atoms with Gasteiger partial charge in [0.1, 0.15) is 4.67 Å². The van der Waals surface area contributed by atoms with Crippen molar-refractivity contribution in [3.8, 4) is 0 Å². The number of aromatic nitrogens is 1. The average molecular weight is 395 g/mol. The van der Waals surface area contributed by atoms with E-state index in [0.29, 0.717) is 12.8 Å². The molecule has 1 aromatic rings. The molecule has 2 unspecified atom stereocenters. The molecule has 0 aromatic carbocycles. The molecule has 1 N–H and O–H groups in total. The van der Waals surface area contributed by atoms with Crippen molar-refractivity contribution in [2.24, 2.45) is 21.7 Å². The first-order valence-electron chi connectivity index (χ1n) is 9.89. The van der Waals surface area contributed by atoms with E-state index in [4.69, 9.17) is 0 Å². The van der Waals surface area contributed by atoms with Crippen LogP contribution < -0.4 is 4.67 Å². The molecule has 1 aromatic heterocycles. The summed E-state index contributed by atoms with van der Waals surface area (Å²) in [5.74, 6) is -1.36. The molecule has 1 aliphatic carbocycles. The van der Waals surface area contributed by atoms with E-state index in [-0.39, 0.29) is 17.4 Å². The fraction of sp³-hybridized carbons (Fsp3) is 0.762. The van der Waals surface area contributed by atoms with E-state index in [1.54, 1.807) is 6.92 Å². The van der Waals surface area contributed by atoms with Crippen LogP contribution in [0.1, 0.15) is 79.7 Å². The molecule has 0 aliphatic heterocycles. The van der Waals surface area contributed by atoms with Crippen molar-refractivity contribution in [2.45, 2.75) is 86.1 Å². The van der Waals surface area contributed by atoms with Crippen LogP contribution in [0.25, 0.3) is 0 Å². The zero-order valence-electron chi connectivity index (χ0n) is 17.8. The highest BCUT2D eigenvalue weighted by Gasteiger charge is 2.58. The molecule has 1 aliphatic rings. The van der Waals surface area contributed by atoms with Crippen molar-refractivity contribution in [1.29, 1.82) is 0 Å². The van der Waals surface area contributed by atoms with Crippen LogP contribution in [-0.4, -0.2) is 20.9 Å². The quantitative estimate of drug-likeness (QED) is 0.793. The number of aliphatic carboxylic acids is 1. The van der Waals surface area contributed by atoms with Gasteiger partial charge in [-0.1, -0.05) is 27.2 Å². The third-order valence-electron chi connectivity index (χ3n) is 6.40. The number of carboxylic acids is 1. The van der Waals surface area contributed by atoms with E-state index in [2.05, 4.69) is 42.8 Å². The highest BCUT2D eigenvalue weighted by molar-refractivity contribution is 7.04. The topological polar surface area (TPSA) is 71.7 Å². The number of unbranched alkanes of at least 4 members (excludes halogenated alkanes) is 1. The summed E-state index contributed by atoms with van der Waals surface area (Å²) in [5.41, 5.74) is -0.465. The van der Waals surface area contributed by atoms with Crippen LogP contribution in [0.5, 0.6) is 0 Å². The molecule has 2 rings (SSSR count). The molecule has 1 amide bonds. The molecule has 1 fully saturated rings. The zero-order chi connectivity index (χ0) is 20.6. The predicted octanol–water partition coefficient (Wildman–Crippen LogP) is 4.60. The smallest absolute Gasteiger partial charge is 0.309 e. The molecule has 1 saturated carbocycles. The summed E-state index contributed by atoms with van der Waals surface area (Å²) in [6, 6.07) is 0. The lowest BCUT2D eigenvalue weighted by atomic mass is 9.65. The summed E-state index contributed by atoms with van der Waals surface area (Å²) in [6.45, 7) is 14.1. The highest BCUT2D eigenvalue weighted by atomic mass is 32.1. The molecule has 6 heteroatoms. The second-order valence-corrected chi connectivity index (χ2v) is 10.5. The van der Waals surface area contributed by atoms with Crippen LogP contribution in [0.15, 0.2) is 11.2 Å². The van der Waals surface area contributed by atoms with Gasteiger partial charge in [-0.15, -0.1) is 0 Å².